The fourth-order valence-electron chi connectivity index (χ4n) is 12.0. The lowest BCUT2D eigenvalue weighted by Gasteiger charge is -2.35. The highest BCUT2D eigenvalue weighted by molar-refractivity contribution is 7.21. The second-order valence-corrected chi connectivity index (χ2v) is 25.9. The molecule has 0 fully saturated rings. The smallest absolute Gasteiger partial charge is 0.180 e. The van der Waals surface area contributed by atoms with Gasteiger partial charge in [0.05, 0.1) is 22.1 Å². The third-order valence-corrected chi connectivity index (χ3v) is 24.4. The first kappa shape index (κ1) is 41.6. The lowest BCUT2D eigenvalue weighted by Crippen LogP contribution is -2.74. The number of nitrogens with zero attached hydrogens (tertiary/aromatic N) is 2. The molecule has 0 aliphatic rings. The molecular weight excluding hydrogens is 877 g/mol. The molecule has 0 saturated heterocycles. The van der Waals surface area contributed by atoms with Crippen molar-refractivity contribution >= 4 is 101 Å². The highest BCUT2D eigenvalue weighted by Gasteiger charge is 2.44. The average molecular weight is 925 g/mol. The van der Waals surface area contributed by atoms with Crippen LogP contribution in [0.1, 0.15) is 0 Å². The Morgan fingerprint density at radius 1 is 0.214 bits per heavy atom. The fraction of sp³-hybridized carbons (Fsp3) is 0. The Balaban J connectivity index is 1.17. The van der Waals surface area contributed by atoms with E-state index in [0.29, 0.717) is 0 Å². The molecule has 0 saturated carbocycles. The molecule has 11 aromatic carbocycles. The Kier molecular flexibility index (Phi) is 10.2. The molecule has 0 aliphatic heterocycles. The van der Waals surface area contributed by atoms with E-state index in [2.05, 4.69) is 300 Å². The van der Waals surface area contributed by atoms with Crippen molar-refractivity contribution in [1.82, 2.24) is 9.13 Å². The number of rotatable bonds is 10. The van der Waals surface area contributed by atoms with Gasteiger partial charge in [0.15, 0.2) is 16.1 Å². The highest BCUT2D eigenvalue weighted by Crippen LogP contribution is 2.37. The summed E-state index contributed by atoms with van der Waals surface area (Å²) in [5, 5.41) is 15.9. The van der Waals surface area contributed by atoms with Crippen molar-refractivity contribution in [3.8, 4) is 11.4 Å². The van der Waals surface area contributed by atoms with Crippen molar-refractivity contribution in [1.29, 1.82) is 0 Å². The van der Waals surface area contributed by atoms with Gasteiger partial charge < -0.3 is 9.13 Å². The molecule has 0 aliphatic carbocycles. The van der Waals surface area contributed by atoms with Crippen LogP contribution in [0.2, 0.25) is 0 Å². The summed E-state index contributed by atoms with van der Waals surface area (Å²) in [6, 6.07) is 109. The molecular formula is C66H48N2Si2. The Labute approximate surface area is 410 Å². The summed E-state index contributed by atoms with van der Waals surface area (Å²) in [6.07, 6.45) is 0. The summed E-state index contributed by atoms with van der Waals surface area (Å²) < 4.78 is 5.03. The molecule has 0 radical (unpaired) electrons. The van der Waals surface area contributed by atoms with E-state index in [9.17, 15) is 0 Å². The first-order valence-electron chi connectivity index (χ1n) is 24.3. The Hall–Kier alpha value is -8.55. The van der Waals surface area contributed by atoms with E-state index >= 15 is 0 Å². The van der Waals surface area contributed by atoms with Crippen molar-refractivity contribution in [3.63, 3.8) is 0 Å². The van der Waals surface area contributed by atoms with Crippen LogP contribution in [-0.4, -0.2) is 25.3 Å². The lowest BCUT2D eigenvalue weighted by atomic mass is 10.1. The van der Waals surface area contributed by atoms with E-state index in [-0.39, 0.29) is 0 Å². The summed E-state index contributed by atoms with van der Waals surface area (Å²) in [5.74, 6) is 0. The van der Waals surface area contributed by atoms with Crippen molar-refractivity contribution in [2.75, 3.05) is 0 Å². The van der Waals surface area contributed by atoms with Crippen LogP contribution in [0.3, 0.4) is 0 Å². The molecule has 13 rings (SSSR count). The van der Waals surface area contributed by atoms with Crippen LogP contribution in [0, 0.1) is 0 Å². The molecule has 13 aromatic rings. The topological polar surface area (TPSA) is 9.86 Å². The van der Waals surface area contributed by atoms with Gasteiger partial charge in [0, 0.05) is 32.9 Å². The lowest BCUT2D eigenvalue weighted by molar-refractivity contribution is 1.17. The van der Waals surface area contributed by atoms with Crippen LogP contribution < -0.4 is 41.5 Å². The van der Waals surface area contributed by atoms with Crippen LogP contribution in [-0.2, 0) is 0 Å². The molecule has 0 bridgehead atoms. The number of benzene rings is 11. The molecule has 0 N–H and O–H groups in total. The zero-order valence-corrected chi connectivity index (χ0v) is 40.6. The van der Waals surface area contributed by atoms with Crippen LogP contribution in [0.25, 0.3) is 55.0 Å². The minimum atomic E-state index is -3.03. The molecule has 4 heteroatoms. The normalized spacial score (nSPS) is 12.0. The van der Waals surface area contributed by atoms with Crippen molar-refractivity contribution in [2.24, 2.45) is 0 Å². The Morgan fingerprint density at radius 3 is 1.03 bits per heavy atom. The number of para-hydroxylation sites is 2. The van der Waals surface area contributed by atoms with Crippen LogP contribution in [0.5, 0.6) is 0 Å². The molecule has 2 aromatic heterocycles. The zero-order valence-electron chi connectivity index (χ0n) is 38.6. The molecule has 2 nitrogen and oxygen atoms in total. The Morgan fingerprint density at radius 2 is 0.557 bits per heavy atom. The predicted octanol–water partition coefficient (Wildman–Crippen LogP) is 10.6. The maximum Gasteiger partial charge on any atom is 0.180 e. The van der Waals surface area contributed by atoms with E-state index in [1.54, 1.807) is 0 Å². The van der Waals surface area contributed by atoms with Crippen LogP contribution >= 0.6 is 0 Å². The maximum absolute atomic E-state index is 3.03. The van der Waals surface area contributed by atoms with E-state index in [0.717, 1.165) is 11.4 Å². The predicted molar refractivity (Wildman–Crippen MR) is 302 cm³/mol. The average Bonchev–Trinajstić information content (AvgIpc) is 3.96. The number of hydrogen-bond acceptors (Lipinski definition) is 0. The maximum atomic E-state index is 2.56. The summed E-state index contributed by atoms with van der Waals surface area (Å²) in [4.78, 5) is 0. The molecule has 0 amide bonds. The number of hydrogen-bond donors (Lipinski definition) is 0. The second-order valence-electron chi connectivity index (χ2n) is 18.4. The molecule has 330 valence electrons. The minimum absolute atomic E-state index is 1.14. The second kappa shape index (κ2) is 17.2. The van der Waals surface area contributed by atoms with E-state index in [4.69, 9.17) is 0 Å². The molecule has 0 unspecified atom stereocenters. The van der Waals surface area contributed by atoms with Gasteiger partial charge in [-0.15, -0.1) is 0 Å². The Bertz CT molecular complexity index is 3730. The fourth-order valence-corrected chi connectivity index (χ4v) is 21.7. The third-order valence-electron chi connectivity index (χ3n) is 14.8. The first-order valence-corrected chi connectivity index (χ1v) is 28.3. The first-order chi connectivity index (χ1) is 34.8. The van der Waals surface area contributed by atoms with Gasteiger partial charge >= 0.3 is 0 Å². The van der Waals surface area contributed by atoms with Gasteiger partial charge in [-0.05, 0) is 90.0 Å². The molecule has 2 heterocycles. The number of fused-ring (bicyclic) bond motifs is 6. The highest BCUT2D eigenvalue weighted by atomic mass is 28.3. The molecule has 70 heavy (non-hydrogen) atoms. The standard InChI is InChI=1S/C66H48N2Si2/c1-7-26-51(27-8-1)69(52-28-9-2-10-29-52,53-30-11-3-12-31-53)57-38-23-25-49(47-57)68-63-46-45-50(67-61-41-21-19-39-58(61)59-40-20-22-42-62(59)67)48-60(63)66-64(68)43-24-44-65(66)70(54-32-13-4-14-33-54,55-34-15-5-16-35-55)56-36-17-6-18-37-56/h1-48H. The van der Waals surface area contributed by atoms with Crippen molar-refractivity contribution in [2.45, 2.75) is 0 Å². The van der Waals surface area contributed by atoms with Crippen molar-refractivity contribution < 1.29 is 0 Å². The summed E-state index contributed by atoms with van der Waals surface area (Å²) in [7, 11) is -5.89. The minimum Gasteiger partial charge on any atom is -0.309 e. The van der Waals surface area contributed by atoms with Gasteiger partial charge in [-0.2, -0.15) is 0 Å². The van der Waals surface area contributed by atoms with Gasteiger partial charge in [0.1, 0.15) is 0 Å². The zero-order chi connectivity index (χ0) is 46.5. The summed E-state index contributed by atoms with van der Waals surface area (Å²) in [5.41, 5.74) is 7.05. The van der Waals surface area contributed by atoms with E-state index in [1.165, 1.54) is 85.1 Å². The summed E-state index contributed by atoms with van der Waals surface area (Å²) >= 11 is 0. The van der Waals surface area contributed by atoms with Crippen LogP contribution in [0.4, 0.5) is 0 Å². The van der Waals surface area contributed by atoms with Crippen molar-refractivity contribution in [3.05, 3.63) is 291 Å². The third kappa shape index (κ3) is 6.38. The van der Waals surface area contributed by atoms with E-state index in [1.807, 2.05) is 0 Å². The van der Waals surface area contributed by atoms with Gasteiger partial charge in [-0.1, -0.05) is 243 Å². The number of aromatic nitrogens is 2. The molecule has 0 spiro atoms. The quantitative estimate of drug-likeness (QED) is 0.0956. The van der Waals surface area contributed by atoms with Crippen LogP contribution in [0.15, 0.2) is 291 Å². The van der Waals surface area contributed by atoms with E-state index < -0.39 is 16.1 Å². The summed E-state index contributed by atoms with van der Waals surface area (Å²) in [6.45, 7) is 0. The largest absolute Gasteiger partial charge is 0.309 e. The monoisotopic (exact) mass is 924 g/mol. The van der Waals surface area contributed by atoms with Gasteiger partial charge in [0.2, 0.25) is 0 Å². The van der Waals surface area contributed by atoms with Gasteiger partial charge in [-0.3, -0.25) is 0 Å². The van der Waals surface area contributed by atoms with Gasteiger partial charge in [-0.25, -0.2) is 0 Å². The SMILES string of the molecule is c1ccc([Si](c2ccccc2)(c2ccccc2)c2cccc(-n3c4ccc(-n5c6ccccc6c6ccccc65)cc4c4c([Si](c5ccccc5)(c5ccccc5)c5ccccc5)cccc43)c2)cc1. The van der Waals surface area contributed by atoms with Gasteiger partial charge in [0.25, 0.3) is 0 Å². The molecule has 0 atom stereocenters.